The van der Waals surface area contributed by atoms with Crippen LogP contribution >= 0.6 is 0 Å². The molecule has 0 aliphatic heterocycles. The maximum Gasteiger partial charge on any atom is 0.310 e. The van der Waals surface area contributed by atoms with Gasteiger partial charge in [-0.25, -0.2) is 12.8 Å². The number of rotatable bonds is 6. The Bertz CT molecular complexity index is 915. The lowest BCUT2D eigenvalue weighted by Gasteiger charge is -2.17. The van der Waals surface area contributed by atoms with Gasteiger partial charge in [-0.1, -0.05) is 12.1 Å². The SMILES string of the molecule is COc1ccc(C(C)Nc2cccc(S(C)(=O)=O)c2[N+](=O)[O-])cc1F. The quantitative estimate of drug-likeness (QED) is 0.620. The van der Waals surface area contributed by atoms with Gasteiger partial charge in [0.1, 0.15) is 10.6 Å². The maximum absolute atomic E-state index is 13.8. The highest BCUT2D eigenvalue weighted by Gasteiger charge is 2.27. The minimum absolute atomic E-state index is 0.0386. The van der Waals surface area contributed by atoms with Crippen molar-refractivity contribution in [3.63, 3.8) is 0 Å². The van der Waals surface area contributed by atoms with Crippen molar-refractivity contribution in [1.29, 1.82) is 0 Å². The molecule has 9 heteroatoms. The first kappa shape index (κ1) is 18.7. The van der Waals surface area contributed by atoms with E-state index in [1.54, 1.807) is 13.0 Å². The molecule has 0 heterocycles. The average Bonchev–Trinajstić information content (AvgIpc) is 2.53. The first-order chi connectivity index (χ1) is 11.6. The van der Waals surface area contributed by atoms with E-state index in [1.807, 2.05) is 0 Å². The number of nitrogens with one attached hydrogen (secondary N) is 1. The molecule has 0 amide bonds. The Balaban J connectivity index is 2.43. The van der Waals surface area contributed by atoms with E-state index in [2.05, 4.69) is 5.32 Å². The van der Waals surface area contributed by atoms with Crippen LogP contribution in [0.15, 0.2) is 41.3 Å². The van der Waals surface area contributed by atoms with Gasteiger partial charge in [0.2, 0.25) is 0 Å². The molecule has 0 aromatic heterocycles. The normalized spacial score (nSPS) is 12.5. The summed E-state index contributed by atoms with van der Waals surface area (Å²) in [6.45, 7) is 1.68. The molecule has 1 unspecified atom stereocenters. The lowest BCUT2D eigenvalue weighted by atomic mass is 10.1. The third-order valence-electron chi connectivity index (χ3n) is 3.63. The van der Waals surface area contributed by atoms with Crippen molar-refractivity contribution >= 4 is 21.2 Å². The molecule has 7 nitrogen and oxygen atoms in total. The van der Waals surface area contributed by atoms with Crippen LogP contribution in [-0.4, -0.2) is 26.7 Å². The van der Waals surface area contributed by atoms with Crippen LogP contribution in [0.25, 0.3) is 0 Å². The van der Waals surface area contributed by atoms with Gasteiger partial charge in [0.05, 0.1) is 12.0 Å². The number of anilines is 1. The van der Waals surface area contributed by atoms with E-state index in [0.29, 0.717) is 5.56 Å². The summed E-state index contributed by atoms with van der Waals surface area (Å²) in [5.74, 6) is -0.478. The minimum Gasteiger partial charge on any atom is -0.494 e. The summed E-state index contributed by atoms with van der Waals surface area (Å²) >= 11 is 0. The summed E-state index contributed by atoms with van der Waals surface area (Å²) in [4.78, 5) is 10.2. The highest BCUT2D eigenvalue weighted by atomic mass is 32.2. The van der Waals surface area contributed by atoms with Crippen molar-refractivity contribution in [2.75, 3.05) is 18.7 Å². The third-order valence-corrected chi connectivity index (χ3v) is 4.76. The fourth-order valence-electron chi connectivity index (χ4n) is 2.39. The fourth-order valence-corrected chi connectivity index (χ4v) is 3.26. The van der Waals surface area contributed by atoms with Crippen LogP contribution in [0.4, 0.5) is 15.8 Å². The molecule has 0 saturated heterocycles. The second-order valence-electron chi connectivity index (χ2n) is 5.44. The molecule has 0 aliphatic carbocycles. The van der Waals surface area contributed by atoms with Gasteiger partial charge >= 0.3 is 5.69 Å². The topological polar surface area (TPSA) is 98.5 Å². The average molecular weight is 368 g/mol. The molecule has 0 aliphatic rings. The van der Waals surface area contributed by atoms with Crippen molar-refractivity contribution < 1.29 is 22.5 Å². The molecule has 0 bridgehead atoms. The molecular formula is C16H17FN2O5S. The number of nitro groups is 1. The van der Waals surface area contributed by atoms with Crippen LogP contribution < -0.4 is 10.1 Å². The number of halogens is 1. The largest absolute Gasteiger partial charge is 0.494 e. The van der Waals surface area contributed by atoms with Gasteiger partial charge in [-0.3, -0.25) is 10.1 Å². The monoisotopic (exact) mass is 368 g/mol. The van der Waals surface area contributed by atoms with Crippen LogP contribution in [0, 0.1) is 15.9 Å². The second-order valence-corrected chi connectivity index (χ2v) is 7.43. The molecule has 0 radical (unpaired) electrons. The minimum atomic E-state index is -3.78. The Morgan fingerprint density at radius 3 is 2.48 bits per heavy atom. The summed E-state index contributed by atoms with van der Waals surface area (Å²) in [7, 11) is -2.43. The zero-order chi connectivity index (χ0) is 18.8. The number of methoxy groups -OCH3 is 1. The Morgan fingerprint density at radius 1 is 1.28 bits per heavy atom. The molecule has 0 fully saturated rings. The standard InChI is InChI=1S/C16H17FN2O5S/c1-10(11-7-8-14(24-2)12(17)9-11)18-13-5-4-6-15(25(3,22)23)16(13)19(20)21/h4-10,18H,1-3H3. The lowest BCUT2D eigenvalue weighted by molar-refractivity contribution is -0.386. The number of para-hydroxylation sites is 1. The molecule has 2 rings (SSSR count). The molecule has 0 spiro atoms. The van der Waals surface area contributed by atoms with Gasteiger partial charge in [0, 0.05) is 12.3 Å². The fraction of sp³-hybridized carbons (Fsp3) is 0.250. The third kappa shape index (κ3) is 4.05. The first-order valence-corrected chi connectivity index (χ1v) is 9.11. The van der Waals surface area contributed by atoms with Crippen molar-refractivity contribution in [2.24, 2.45) is 0 Å². The summed E-state index contributed by atoms with van der Waals surface area (Å²) in [6, 6.07) is 7.81. The number of nitrogens with zero attached hydrogens (tertiary/aromatic N) is 1. The Kier molecular flexibility index (Phi) is 5.27. The van der Waals surface area contributed by atoms with Crippen LogP contribution in [0.1, 0.15) is 18.5 Å². The van der Waals surface area contributed by atoms with Crippen LogP contribution in [-0.2, 0) is 9.84 Å². The van der Waals surface area contributed by atoms with Crippen molar-refractivity contribution in [3.05, 3.63) is 57.9 Å². The maximum atomic E-state index is 13.8. The number of sulfone groups is 1. The van der Waals surface area contributed by atoms with Gasteiger partial charge in [0.25, 0.3) is 0 Å². The van der Waals surface area contributed by atoms with Crippen molar-refractivity contribution in [3.8, 4) is 5.75 Å². The van der Waals surface area contributed by atoms with Gasteiger partial charge < -0.3 is 10.1 Å². The highest BCUT2D eigenvalue weighted by molar-refractivity contribution is 7.90. The van der Waals surface area contributed by atoms with E-state index in [-0.39, 0.29) is 16.3 Å². The van der Waals surface area contributed by atoms with E-state index in [1.165, 1.54) is 37.4 Å². The predicted molar refractivity (Wildman–Crippen MR) is 91.2 cm³/mol. The zero-order valence-corrected chi connectivity index (χ0v) is 14.6. The van der Waals surface area contributed by atoms with Crippen molar-refractivity contribution in [2.45, 2.75) is 17.9 Å². The van der Waals surface area contributed by atoms with E-state index in [0.717, 1.165) is 6.26 Å². The molecule has 2 aromatic carbocycles. The summed E-state index contributed by atoms with van der Waals surface area (Å²) in [5, 5.41) is 14.2. The molecule has 25 heavy (non-hydrogen) atoms. The molecule has 2 aromatic rings. The van der Waals surface area contributed by atoms with E-state index in [4.69, 9.17) is 4.74 Å². The number of nitro benzene ring substituents is 1. The van der Waals surface area contributed by atoms with E-state index >= 15 is 0 Å². The van der Waals surface area contributed by atoms with Gasteiger partial charge in [-0.05, 0) is 36.8 Å². The predicted octanol–water partition coefficient (Wildman–Crippen LogP) is 3.32. The Labute approximate surface area is 144 Å². The van der Waals surface area contributed by atoms with E-state index < -0.39 is 32.3 Å². The zero-order valence-electron chi connectivity index (χ0n) is 13.8. The summed E-state index contributed by atoms with van der Waals surface area (Å²) in [5.41, 5.74) is 0.0276. The molecule has 134 valence electrons. The van der Waals surface area contributed by atoms with Gasteiger partial charge in [0.15, 0.2) is 21.4 Å². The van der Waals surface area contributed by atoms with Crippen molar-refractivity contribution in [1.82, 2.24) is 0 Å². The van der Waals surface area contributed by atoms with Crippen LogP contribution in [0.2, 0.25) is 0 Å². The lowest BCUT2D eigenvalue weighted by Crippen LogP contribution is -2.11. The number of benzene rings is 2. The molecule has 1 N–H and O–H groups in total. The Hall–Kier alpha value is -2.68. The number of hydrogen-bond acceptors (Lipinski definition) is 6. The highest BCUT2D eigenvalue weighted by Crippen LogP contribution is 2.34. The van der Waals surface area contributed by atoms with Gasteiger partial charge in [-0.2, -0.15) is 0 Å². The van der Waals surface area contributed by atoms with E-state index in [9.17, 15) is 22.9 Å². The Morgan fingerprint density at radius 2 is 1.96 bits per heavy atom. The second kappa shape index (κ2) is 7.06. The number of hydrogen-bond donors (Lipinski definition) is 1. The summed E-state index contributed by atoms with van der Waals surface area (Å²) < 4.78 is 42.3. The first-order valence-electron chi connectivity index (χ1n) is 7.22. The smallest absolute Gasteiger partial charge is 0.310 e. The van der Waals surface area contributed by atoms with Crippen LogP contribution in [0.5, 0.6) is 5.75 Å². The molecule has 0 saturated carbocycles. The molecule has 1 atom stereocenters. The summed E-state index contributed by atoms with van der Waals surface area (Å²) in [6.07, 6.45) is 0.904. The molecular weight excluding hydrogens is 351 g/mol. The van der Waals surface area contributed by atoms with Gasteiger partial charge in [-0.15, -0.1) is 0 Å². The van der Waals surface area contributed by atoms with Crippen LogP contribution in [0.3, 0.4) is 0 Å². The number of ether oxygens (including phenoxy) is 1.